The van der Waals surface area contributed by atoms with Crippen LogP contribution >= 0.6 is 0 Å². The summed E-state index contributed by atoms with van der Waals surface area (Å²) in [7, 11) is 2.12. The molecule has 1 aliphatic heterocycles. The average Bonchev–Trinajstić information content (AvgIpc) is 2.49. The molecule has 0 aliphatic carbocycles. The summed E-state index contributed by atoms with van der Waals surface area (Å²) in [6, 6.07) is 9.51. The van der Waals surface area contributed by atoms with Gasteiger partial charge in [0.05, 0.1) is 5.56 Å². The van der Waals surface area contributed by atoms with Crippen molar-refractivity contribution in [3.8, 4) is 11.8 Å². The summed E-state index contributed by atoms with van der Waals surface area (Å²) < 4.78 is 11.1. The number of nitrogens with zero attached hydrogens (tertiary/aromatic N) is 2. The van der Waals surface area contributed by atoms with Gasteiger partial charge in [-0.3, -0.25) is 0 Å². The summed E-state index contributed by atoms with van der Waals surface area (Å²) in [6.45, 7) is 4.36. The van der Waals surface area contributed by atoms with E-state index in [4.69, 9.17) is 14.7 Å². The van der Waals surface area contributed by atoms with E-state index in [1.807, 2.05) is 18.2 Å². The van der Waals surface area contributed by atoms with Crippen molar-refractivity contribution in [2.45, 2.75) is 12.8 Å². The third kappa shape index (κ3) is 4.52. The third-order valence-electron chi connectivity index (χ3n) is 3.65. The molecule has 1 aliphatic rings. The van der Waals surface area contributed by atoms with Gasteiger partial charge in [-0.05, 0) is 37.9 Å². The molecule has 0 atom stereocenters. The topological polar surface area (TPSA) is 45.5 Å². The molecule has 1 fully saturated rings. The molecule has 108 valence electrons. The van der Waals surface area contributed by atoms with Gasteiger partial charge in [0.2, 0.25) is 0 Å². The van der Waals surface area contributed by atoms with Crippen LogP contribution in [0.2, 0.25) is 0 Å². The second-order valence-corrected chi connectivity index (χ2v) is 5.27. The van der Waals surface area contributed by atoms with Crippen LogP contribution in [0.25, 0.3) is 0 Å². The van der Waals surface area contributed by atoms with Gasteiger partial charge in [-0.1, -0.05) is 12.1 Å². The van der Waals surface area contributed by atoms with Crippen LogP contribution in [0, 0.1) is 17.2 Å². The molecule has 0 bridgehead atoms. The van der Waals surface area contributed by atoms with Gasteiger partial charge in [-0.15, -0.1) is 0 Å². The number of rotatable bonds is 6. The first-order valence-corrected chi connectivity index (χ1v) is 7.18. The van der Waals surface area contributed by atoms with Crippen molar-refractivity contribution in [2.24, 2.45) is 5.92 Å². The van der Waals surface area contributed by atoms with Crippen molar-refractivity contribution < 1.29 is 9.47 Å². The standard InChI is InChI=1S/C16H22N2O2/c1-18(13-14-6-9-19-10-7-14)8-11-20-16-5-3-2-4-15(16)12-17/h2-5,14H,6-11,13H2,1H3. The van der Waals surface area contributed by atoms with Crippen LogP contribution in [0.3, 0.4) is 0 Å². The molecule has 1 saturated heterocycles. The van der Waals surface area contributed by atoms with Crippen LogP contribution in [0.5, 0.6) is 5.75 Å². The fourth-order valence-electron chi connectivity index (χ4n) is 2.46. The van der Waals surface area contributed by atoms with Gasteiger partial charge in [0, 0.05) is 26.3 Å². The van der Waals surface area contributed by atoms with E-state index in [9.17, 15) is 0 Å². The highest BCUT2D eigenvalue weighted by atomic mass is 16.5. The molecule has 0 N–H and O–H groups in total. The number of benzene rings is 1. The Bertz CT molecular complexity index is 450. The lowest BCUT2D eigenvalue weighted by Crippen LogP contribution is -2.32. The fourth-order valence-corrected chi connectivity index (χ4v) is 2.46. The minimum atomic E-state index is 0.597. The monoisotopic (exact) mass is 274 g/mol. The van der Waals surface area contributed by atoms with Gasteiger partial charge in [-0.2, -0.15) is 5.26 Å². The Hall–Kier alpha value is -1.57. The molecule has 1 heterocycles. The highest BCUT2D eigenvalue weighted by Gasteiger charge is 2.15. The van der Waals surface area contributed by atoms with Crippen LogP contribution in [0.4, 0.5) is 0 Å². The summed E-state index contributed by atoms with van der Waals surface area (Å²) in [5, 5.41) is 8.99. The first-order chi connectivity index (χ1) is 9.79. The molecule has 2 rings (SSSR count). The van der Waals surface area contributed by atoms with Crippen LogP contribution in [-0.4, -0.2) is 44.9 Å². The number of para-hydroxylation sites is 1. The van der Waals surface area contributed by atoms with Gasteiger partial charge in [0.1, 0.15) is 18.4 Å². The van der Waals surface area contributed by atoms with Crippen molar-refractivity contribution >= 4 is 0 Å². The van der Waals surface area contributed by atoms with Crippen molar-refractivity contribution in [2.75, 3.05) is 40.0 Å². The van der Waals surface area contributed by atoms with Gasteiger partial charge in [-0.25, -0.2) is 0 Å². The predicted octanol–water partition coefficient (Wildman–Crippen LogP) is 2.30. The highest BCUT2D eigenvalue weighted by Crippen LogP contribution is 2.17. The molecule has 0 radical (unpaired) electrons. The molecule has 4 heteroatoms. The Morgan fingerprint density at radius 1 is 1.35 bits per heavy atom. The van der Waals surface area contributed by atoms with E-state index in [1.54, 1.807) is 6.07 Å². The Morgan fingerprint density at radius 3 is 2.85 bits per heavy atom. The van der Waals surface area contributed by atoms with E-state index in [-0.39, 0.29) is 0 Å². The Kier molecular flexibility index (Phi) is 5.85. The molecule has 0 amide bonds. The number of hydrogen-bond donors (Lipinski definition) is 0. The molecular weight excluding hydrogens is 252 g/mol. The van der Waals surface area contributed by atoms with Crippen LogP contribution < -0.4 is 4.74 Å². The third-order valence-corrected chi connectivity index (χ3v) is 3.65. The van der Waals surface area contributed by atoms with E-state index in [0.29, 0.717) is 17.9 Å². The van der Waals surface area contributed by atoms with E-state index in [0.717, 1.165) is 45.1 Å². The normalized spacial score (nSPS) is 16.1. The Morgan fingerprint density at radius 2 is 2.10 bits per heavy atom. The summed E-state index contributed by atoms with van der Waals surface area (Å²) in [5.74, 6) is 1.41. The minimum Gasteiger partial charge on any atom is -0.491 e. The van der Waals surface area contributed by atoms with Crippen molar-refractivity contribution in [1.29, 1.82) is 5.26 Å². The summed E-state index contributed by atoms with van der Waals surface area (Å²) in [5.41, 5.74) is 0.597. The number of likely N-dealkylation sites (N-methyl/N-ethyl adjacent to an activating group) is 1. The lowest BCUT2D eigenvalue weighted by molar-refractivity contribution is 0.0543. The van der Waals surface area contributed by atoms with E-state index < -0.39 is 0 Å². The van der Waals surface area contributed by atoms with E-state index >= 15 is 0 Å². The number of hydrogen-bond acceptors (Lipinski definition) is 4. The number of nitriles is 1. The maximum atomic E-state index is 8.99. The summed E-state index contributed by atoms with van der Waals surface area (Å²) in [6.07, 6.45) is 2.31. The Balaban J connectivity index is 1.71. The second-order valence-electron chi connectivity index (χ2n) is 5.27. The second kappa shape index (κ2) is 7.88. The molecular formula is C16H22N2O2. The average molecular weight is 274 g/mol. The van der Waals surface area contributed by atoms with E-state index in [1.165, 1.54) is 0 Å². The van der Waals surface area contributed by atoms with Crippen LogP contribution in [0.1, 0.15) is 18.4 Å². The van der Waals surface area contributed by atoms with E-state index in [2.05, 4.69) is 18.0 Å². The zero-order valence-electron chi connectivity index (χ0n) is 12.0. The van der Waals surface area contributed by atoms with Crippen LogP contribution in [0.15, 0.2) is 24.3 Å². The molecule has 0 aromatic heterocycles. The predicted molar refractivity (Wildman–Crippen MR) is 77.7 cm³/mol. The molecule has 1 aromatic rings. The highest BCUT2D eigenvalue weighted by molar-refractivity contribution is 5.42. The summed E-state index contributed by atoms with van der Waals surface area (Å²) in [4.78, 5) is 2.30. The van der Waals surface area contributed by atoms with Crippen molar-refractivity contribution in [3.05, 3.63) is 29.8 Å². The zero-order chi connectivity index (χ0) is 14.2. The molecule has 0 saturated carbocycles. The van der Waals surface area contributed by atoms with Crippen molar-refractivity contribution in [1.82, 2.24) is 4.90 Å². The van der Waals surface area contributed by atoms with Gasteiger partial charge >= 0.3 is 0 Å². The molecule has 1 aromatic carbocycles. The lowest BCUT2D eigenvalue weighted by Gasteiger charge is -2.27. The van der Waals surface area contributed by atoms with Crippen LogP contribution in [-0.2, 0) is 4.74 Å². The fraction of sp³-hybridized carbons (Fsp3) is 0.562. The quantitative estimate of drug-likeness (QED) is 0.798. The van der Waals surface area contributed by atoms with Gasteiger partial charge < -0.3 is 14.4 Å². The Labute approximate surface area is 120 Å². The lowest BCUT2D eigenvalue weighted by atomic mass is 10.00. The maximum Gasteiger partial charge on any atom is 0.137 e. The maximum absolute atomic E-state index is 8.99. The molecule has 20 heavy (non-hydrogen) atoms. The summed E-state index contributed by atoms with van der Waals surface area (Å²) >= 11 is 0. The zero-order valence-corrected chi connectivity index (χ0v) is 12.0. The molecule has 0 spiro atoms. The molecule has 0 unspecified atom stereocenters. The first kappa shape index (κ1) is 14.8. The SMILES string of the molecule is CN(CCOc1ccccc1C#N)CC1CCOCC1. The largest absolute Gasteiger partial charge is 0.491 e. The minimum absolute atomic E-state index is 0.597. The van der Waals surface area contributed by atoms with Crippen molar-refractivity contribution in [3.63, 3.8) is 0 Å². The number of ether oxygens (including phenoxy) is 2. The molecule has 4 nitrogen and oxygen atoms in total. The smallest absolute Gasteiger partial charge is 0.137 e. The first-order valence-electron chi connectivity index (χ1n) is 7.18. The van der Waals surface area contributed by atoms with Gasteiger partial charge in [0.15, 0.2) is 0 Å². The van der Waals surface area contributed by atoms with Gasteiger partial charge in [0.25, 0.3) is 0 Å².